The molecule has 0 fully saturated rings. The summed E-state index contributed by atoms with van der Waals surface area (Å²) in [7, 11) is 0. The highest BCUT2D eigenvalue weighted by Crippen LogP contribution is 2.23. The fraction of sp³-hybridized carbons (Fsp3) is 0.385. The van der Waals surface area contributed by atoms with Gasteiger partial charge in [0.05, 0.1) is 17.6 Å². The van der Waals surface area contributed by atoms with Crippen molar-refractivity contribution in [1.82, 2.24) is 20.3 Å². The molecule has 1 N–H and O–H groups in total. The number of aromatic nitrogens is 3. The number of hydrogen-bond acceptors (Lipinski definition) is 3. The first-order valence-corrected chi connectivity index (χ1v) is 6.89. The van der Waals surface area contributed by atoms with E-state index in [4.69, 9.17) is 0 Å². The van der Waals surface area contributed by atoms with E-state index in [1.54, 1.807) is 4.68 Å². The van der Waals surface area contributed by atoms with Crippen LogP contribution in [0.4, 0.5) is 0 Å². The van der Waals surface area contributed by atoms with Crippen LogP contribution in [0, 0.1) is 6.92 Å². The van der Waals surface area contributed by atoms with E-state index in [0.717, 1.165) is 35.4 Å². The van der Waals surface area contributed by atoms with Crippen molar-refractivity contribution in [2.45, 2.75) is 26.8 Å². The van der Waals surface area contributed by atoms with E-state index in [9.17, 15) is 0 Å². The van der Waals surface area contributed by atoms with Gasteiger partial charge in [0.25, 0.3) is 0 Å². The molecule has 96 valence electrons. The van der Waals surface area contributed by atoms with Crippen LogP contribution in [-0.4, -0.2) is 21.5 Å². The van der Waals surface area contributed by atoms with Gasteiger partial charge in [-0.3, -0.25) is 0 Å². The third-order valence-electron chi connectivity index (χ3n) is 2.69. The number of aryl methyl sites for hydroxylation is 1. The molecule has 0 saturated carbocycles. The topological polar surface area (TPSA) is 42.7 Å². The molecule has 2 rings (SSSR count). The second-order valence-corrected chi connectivity index (χ2v) is 5.03. The monoisotopic (exact) mass is 308 g/mol. The Morgan fingerprint density at radius 3 is 3.00 bits per heavy atom. The van der Waals surface area contributed by atoms with Crippen molar-refractivity contribution in [3.05, 3.63) is 40.1 Å². The summed E-state index contributed by atoms with van der Waals surface area (Å²) in [6.07, 6.45) is 3.08. The van der Waals surface area contributed by atoms with Crippen LogP contribution in [0.1, 0.15) is 24.6 Å². The zero-order valence-corrected chi connectivity index (χ0v) is 12.2. The molecule has 0 aliphatic carbocycles. The number of rotatable bonds is 5. The SMILES string of the molecule is CCCNCc1cn(-c2cccc(C)c2Br)nn1. The van der Waals surface area contributed by atoms with Gasteiger partial charge in [0.2, 0.25) is 0 Å². The van der Waals surface area contributed by atoms with Crippen LogP contribution in [0.25, 0.3) is 5.69 Å². The summed E-state index contributed by atoms with van der Waals surface area (Å²) in [6, 6.07) is 6.11. The molecule has 0 saturated heterocycles. The Balaban J connectivity index is 2.16. The molecular formula is C13H17BrN4. The third kappa shape index (κ3) is 2.97. The van der Waals surface area contributed by atoms with Crippen molar-refractivity contribution in [2.24, 2.45) is 0 Å². The van der Waals surface area contributed by atoms with Gasteiger partial charge < -0.3 is 5.32 Å². The van der Waals surface area contributed by atoms with Gasteiger partial charge in [-0.2, -0.15) is 0 Å². The van der Waals surface area contributed by atoms with Gasteiger partial charge >= 0.3 is 0 Å². The van der Waals surface area contributed by atoms with Gasteiger partial charge in [-0.05, 0) is 47.4 Å². The molecule has 1 aromatic carbocycles. The first kappa shape index (κ1) is 13.2. The Morgan fingerprint density at radius 2 is 2.22 bits per heavy atom. The highest BCUT2D eigenvalue weighted by Gasteiger charge is 2.07. The van der Waals surface area contributed by atoms with Crippen LogP contribution in [0.2, 0.25) is 0 Å². The van der Waals surface area contributed by atoms with Crippen LogP contribution in [-0.2, 0) is 6.54 Å². The molecular weight excluding hydrogens is 292 g/mol. The minimum atomic E-state index is 0.761. The Labute approximate surface area is 116 Å². The molecule has 4 nitrogen and oxygen atoms in total. The molecule has 0 bridgehead atoms. The maximum atomic E-state index is 4.16. The number of nitrogens with zero attached hydrogens (tertiary/aromatic N) is 3. The van der Waals surface area contributed by atoms with Crippen LogP contribution in [0.15, 0.2) is 28.9 Å². The predicted octanol–water partition coefficient (Wildman–Crippen LogP) is 2.84. The van der Waals surface area contributed by atoms with Crippen molar-refractivity contribution < 1.29 is 0 Å². The molecule has 1 heterocycles. The van der Waals surface area contributed by atoms with E-state index in [-0.39, 0.29) is 0 Å². The lowest BCUT2D eigenvalue weighted by Gasteiger charge is -2.05. The smallest absolute Gasteiger partial charge is 0.0969 e. The first-order valence-electron chi connectivity index (χ1n) is 6.09. The molecule has 0 radical (unpaired) electrons. The summed E-state index contributed by atoms with van der Waals surface area (Å²) in [5.41, 5.74) is 3.16. The van der Waals surface area contributed by atoms with Gasteiger partial charge in [-0.1, -0.05) is 24.3 Å². The van der Waals surface area contributed by atoms with Gasteiger partial charge in [-0.15, -0.1) is 5.10 Å². The molecule has 2 aromatic rings. The summed E-state index contributed by atoms with van der Waals surface area (Å²) in [4.78, 5) is 0. The average Bonchev–Trinajstić information content (AvgIpc) is 2.82. The van der Waals surface area contributed by atoms with E-state index in [1.165, 1.54) is 5.56 Å². The average molecular weight is 309 g/mol. The Kier molecular flexibility index (Phi) is 4.49. The van der Waals surface area contributed by atoms with Crippen LogP contribution >= 0.6 is 15.9 Å². The van der Waals surface area contributed by atoms with E-state index in [1.807, 2.05) is 18.3 Å². The van der Waals surface area contributed by atoms with Gasteiger partial charge in [0.1, 0.15) is 0 Å². The minimum absolute atomic E-state index is 0.761. The lowest BCUT2D eigenvalue weighted by atomic mass is 10.2. The number of halogens is 1. The summed E-state index contributed by atoms with van der Waals surface area (Å²) in [6.45, 7) is 5.97. The lowest BCUT2D eigenvalue weighted by molar-refractivity contribution is 0.662. The summed E-state index contributed by atoms with van der Waals surface area (Å²) in [5, 5.41) is 11.6. The van der Waals surface area contributed by atoms with Gasteiger partial charge in [-0.25, -0.2) is 4.68 Å². The molecule has 0 atom stereocenters. The standard InChI is InChI=1S/C13H17BrN4/c1-3-7-15-8-11-9-18(17-16-11)12-6-4-5-10(2)13(12)14/h4-6,9,15H,3,7-8H2,1-2H3. The summed E-state index contributed by atoms with van der Waals surface area (Å²) >= 11 is 3.59. The molecule has 0 aliphatic heterocycles. The molecule has 0 unspecified atom stereocenters. The predicted molar refractivity (Wildman–Crippen MR) is 75.8 cm³/mol. The minimum Gasteiger partial charge on any atom is -0.311 e. The van der Waals surface area contributed by atoms with E-state index < -0.39 is 0 Å². The fourth-order valence-corrected chi connectivity index (χ4v) is 2.15. The zero-order chi connectivity index (χ0) is 13.0. The summed E-state index contributed by atoms with van der Waals surface area (Å²) < 4.78 is 2.86. The van der Waals surface area contributed by atoms with Crippen molar-refractivity contribution in [3.8, 4) is 5.69 Å². The fourth-order valence-electron chi connectivity index (χ4n) is 1.70. The quantitative estimate of drug-likeness (QED) is 0.864. The van der Waals surface area contributed by atoms with Crippen LogP contribution < -0.4 is 5.32 Å². The van der Waals surface area contributed by atoms with Gasteiger partial charge in [0, 0.05) is 11.0 Å². The Morgan fingerprint density at radius 1 is 1.39 bits per heavy atom. The molecule has 0 amide bonds. The molecule has 0 aliphatic rings. The summed E-state index contributed by atoms with van der Waals surface area (Å²) in [5.74, 6) is 0. The van der Waals surface area contributed by atoms with Gasteiger partial charge in [0.15, 0.2) is 0 Å². The maximum Gasteiger partial charge on any atom is 0.0969 e. The second kappa shape index (κ2) is 6.11. The van der Waals surface area contributed by atoms with E-state index in [2.05, 4.69) is 51.5 Å². The van der Waals surface area contributed by atoms with Crippen molar-refractivity contribution in [2.75, 3.05) is 6.54 Å². The second-order valence-electron chi connectivity index (χ2n) is 4.24. The Hall–Kier alpha value is -1.20. The van der Waals surface area contributed by atoms with E-state index in [0.29, 0.717) is 0 Å². The number of nitrogens with one attached hydrogen (secondary N) is 1. The maximum absolute atomic E-state index is 4.16. The molecule has 1 aromatic heterocycles. The number of hydrogen-bond donors (Lipinski definition) is 1. The third-order valence-corrected chi connectivity index (χ3v) is 3.72. The van der Waals surface area contributed by atoms with Crippen molar-refractivity contribution >= 4 is 15.9 Å². The normalized spacial score (nSPS) is 10.8. The first-order chi connectivity index (χ1) is 8.72. The van der Waals surface area contributed by atoms with Crippen molar-refractivity contribution in [1.29, 1.82) is 0 Å². The molecule has 5 heteroatoms. The molecule has 0 spiro atoms. The van der Waals surface area contributed by atoms with Crippen LogP contribution in [0.3, 0.4) is 0 Å². The molecule has 18 heavy (non-hydrogen) atoms. The number of benzene rings is 1. The zero-order valence-electron chi connectivity index (χ0n) is 10.7. The lowest BCUT2D eigenvalue weighted by Crippen LogP contribution is -2.13. The Bertz CT molecular complexity index is 521. The van der Waals surface area contributed by atoms with Crippen LogP contribution in [0.5, 0.6) is 0 Å². The van der Waals surface area contributed by atoms with Crippen molar-refractivity contribution in [3.63, 3.8) is 0 Å². The van der Waals surface area contributed by atoms with E-state index >= 15 is 0 Å². The highest BCUT2D eigenvalue weighted by atomic mass is 79.9. The largest absolute Gasteiger partial charge is 0.311 e. The highest BCUT2D eigenvalue weighted by molar-refractivity contribution is 9.10.